The van der Waals surface area contributed by atoms with Gasteiger partial charge in [0, 0.05) is 23.5 Å². The van der Waals surface area contributed by atoms with Gasteiger partial charge in [-0.15, -0.1) is 0 Å². The van der Waals surface area contributed by atoms with Crippen molar-refractivity contribution in [2.24, 2.45) is 0 Å². The Bertz CT molecular complexity index is 2010. The number of fused-ring (bicyclic) bond motifs is 2. The monoisotopic (exact) mass is 585 g/mol. The van der Waals surface area contributed by atoms with Crippen molar-refractivity contribution in [3.8, 4) is 45.8 Å². The molecule has 7 aromatic rings. The average Bonchev–Trinajstić information content (AvgIpc) is 3.08. The number of hydrogen-bond donors (Lipinski definition) is 0. The number of nitriles is 1. The third kappa shape index (κ3) is 5.82. The lowest BCUT2D eigenvalue weighted by Crippen LogP contribution is -2.37. The molecule has 0 bridgehead atoms. The third-order valence-corrected chi connectivity index (χ3v) is 8.58. The molecule has 0 fully saturated rings. The Kier molecular flexibility index (Phi) is 7.60. The van der Waals surface area contributed by atoms with Crippen molar-refractivity contribution in [1.29, 1.82) is 5.26 Å². The first kappa shape index (κ1) is 27.2. The molecule has 2 aromatic heterocycles. The van der Waals surface area contributed by atoms with Crippen LogP contribution in [0.2, 0.25) is 0 Å². The number of hydrogen-bond acceptors (Lipinski definition) is 6. The summed E-state index contributed by atoms with van der Waals surface area (Å²) in [4.78, 5) is 9.22. The molecule has 0 saturated carbocycles. The minimum atomic E-state index is -3.07. The number of rotatable bonds is 8. The first-order valence-electron chi connectivity index (χ1n) is 14.1. The lowest BCUT2D eigenvalue weighted by atomic mass is 10.0. The molecular weight excluding hydrogens is 561 g/mol. The Morgan fingerprint density at radius 2 is 1.00 bits per heavy atom. The van der Waals surface area contributed by atoms with Gasteiger partial charge in [-0.25, -0.2) is 0 Å². The van der Waals surface area contributed by atoms with Gasteiger partial charge >= 0.3 is 15.1 Å². The van der Waals surface area contributed by atoms with E-state index in [2.05, 4.69) is 40.3 Å². The minimum absolute atomic E-state index is 0.481. The van der Waals surface area contributed by atoms with Crippen LogP contribution in [-0.4, -0.2) is 25.1 Å². The Balaban J connectivity index is 1.36. The summed E-state index contributed by atoms with van der Waals surface area (Å²) in [5, 5.41) is 13.7. The summed E-state index contributed by atoms with van der Waals surface area (Å²) in [5.41, 5.74) is 3.67. The molecule has 0 saturated heterocycles. The first-order valence-corrected chi connectivity index (χ1v) is 15.5. The van der Waals surface area contributed by atoms with E-state index in [1.165, 1.54) is 0 Å². The number of benzene rings is 5. The molecule has 2 heterocycles. The number of aromatic nitrogens is 2. The van der Waals surface area contributed by atoms with E-state index in [1.54, 1.807) is 36.7 Å². The Hall–Kier alpha value is -5.66. The van der Waals surface area contributed by atoms with Crippen LogP contribution in [-0.2, 0) is 0 Å². The van der Waals surface area contributed by atoms with E-state index in [-0.39, 0.29) is 0 Å². The van der Waals surface area contributed by atoms with Gasteiger partial charge in [-0.05, 0) is 88.3 Å². The quantitative estimate of drug-likeness (QED) is 0.166. The summed E-state index contributed by atoms with van der Waals surface area (Å²) in [7, 11) is 0. The highest BCUT2D eigenvalue weighted by Crippen LogP contribution is 2.37. The fraction of sp³-hybridized carbons (Fsp3) is 0. The SMILES string of the molecule is N#Cc1cccc([O][Al]([O]c2cc3ccccc3cc2-c2ccccn2)[O]c2cc3ccccc3cc2-c2ccccn2)c1. The number of pyridine rings is 2. The Morgan fingerprint density at radius 3 is 1.48 bits per heavy atom. The lowest BCUT2D eigenvalue weighted by molar-refractivity contribution is 0.308. The van der Waals surface area contributed by atoms with Gasteiger partial charge < -0.3 is 11.4 Å². The van der Waals surface area contributed by atoms with Crippen LogP contribution in [0.5, 0.6) is 17.2 Å². The number of nitrogens with zero attached hydrogens (tertiary/aromatic N) is 3. The van der Waals surface area contributed by atoms with Gasteiger partial charge in [0.25, 0.3) is 0 Å². The predicted molar refractivity (Wildman–Crippen MR) is 173 cm³/mol. The second kappa shape index (κ2) is 12.3. The molecule has 7 heteroatoms. The normalized spacial score (nSPS) is 10.7. The summed E-state index contributed by atoms with van der Waals surface area (Å²) in [6.45, 7) is 0. The van der Waals surface area contributed by atoms with E-state index in [1.807, 2.05) is 84.9 Å². The van der Waals surface area contributed by atoms with Gasteiger partial charge in [0.05, 0.1) is 40.3 Å². The van der Waals surface area contributed by atoms with Crippen molar-refractivity contribution >= 4 is 36.7 Å². The standard InChI is InChI=1S/2C15H11NO.C7H5NO.Al/c2*17-15-10-12-6-2-1-5-11(12)9-13(15)14-7-3-4-8-16-14;8-5-6-2-1-3-7(9)4-6;/h2*1-10,17H;1-4,9H;/q;;;+3/p-3. The van der Waals surface area contributed by atoms with Crippen molar-refractivity contribution in [3.05, 3.63) is 151 Å². The topological polar surface area (TPSA) is 77.3 Å². The zero-order valence-corrected chi connectivity index (χ0v) is 24.7. The van der Waals surface area contributed by atoms with E-state index < -0.39 is 15.1 Å². The van der Waals surface area contributed by atoms with Gasteiger partial charge in [0.1, 0.15) is 0 Å². The summed E-state index contributed by atoms with van der Waals surface area (Å²) in [5.74, 6) is 1.67. The maximum Gasteiger partial charge on any atom is 1.20 e. The average molecular weight is 586 g/mol. The Labute approximate surface area is 259 Å². The molecule has 0 aliphatic rings. The largest absolute Gasteiger partial charge is 1.20 e. The summed E-state index contributed by atoms with van der Waals surface area (Å²) in [6, 6.07) is 45.1. The highest BCUT2D eigenvalue weighted by molar-refractivity contribution is 6.40. The van der Waals surface area contributed by atoms with Crippen LogP contribution in [0.1, 0.15) is 5.56 Å². The molecule has 208 valence electrons. The Morgan fingerprint density at radius 1 is 0.500 bits per heavy atom. The fourth-order valence-electron chi connectivity index (χ4n) is 5.11. The van der Waals surface area contributed by atoms with Gasteiger partial charge in [-0.3, -0.25) is 9.97 Å². The van der Waals surface area contributed by atoms with Crippen LogP contribution in [0.4, 0.5) is 0 Å². The molecule has 44 heavy (non-hydrogen) atoms. The van der Waals surface area contributed by atoms with Gasteiger partial charge in [-0.2, -0.15) is 5.26 Å². The smallest absolute Gasteiger partial charge is 0.577 e. The van der Waals surface area contributed by atoms with Gasteiger partial charge in [-0.1, -0.05) is 66.7 Å². The molecule has 0 spiro atoms. The van der Waals surface area contributed by atoms with Gasteiger partial charge in [0.15, 0.2) is 0 Å². The lowest BCUT2D eigenvalue weighted by Gasteiger charge is -2.21. The molecule has 7 rings (SSSR count). The van der Waals surface area contributed by atoms with Crippen LogP contribution in [0.15, 0.2) is 146 Å². The van der Waals surface area contributed by atoms with Crippen molar-refractivity contribution in [3.63, 3.8) is 0 Å². The summed E-state index contributed by atoms with van der Waals surface area (Å²) < 4.78 is 20.0. The van der Waals surface area contributed by atoms with E-state index in [0.29, 0.717) is 22.8 Å². The van der Waals surface area contributed by atoms with E-state index in [0.717, 1.165) is 44.1 Å². The highest BCUT2D eigenvalue weighted by Gasteiger charge is 2.46. The van der Waals surface area contributed by atoms with Crippen LogP contribution in [0, 0.1) is 11.3 Å². The molecule has 0 amide bonds. The van der Waals surface area contributed by atoms with E-state index >= 15 is 0 Å². The maximum atomic E-state index is 9.52. The fourth-order valence-corrected chi connectivity index (χ4v) is 6.43. The summed E-state index contributed by atoms with van der Waals surface area (Å²) in [6.07, 6.45) is 3.52. The second-order valence-corrected chi connectivity index (χ2v) is 11.4. The van der Waals surface area contributed by atoms with E-state index in [9.17, 15) is 5.26 Å². The van der Waals surface area contributed by atoms with Crippen LogP contribution >= 0.6 is 0 Å². The van der Waals surface area contributed by atoms with Gasteiger partial charge in [0.2, 0.25) is 0 Å². The molecular formula is C37H24AlN3O3. The van der Waals surface area contributed by atoms with Crippen LogP contribution < -0.4 is 11.4 Å². The van der Waals surface area contributed by atoms with Crippen LogP contribution in [0.3, 0.4) is 0 Å². The molecule has 0 unspecified atom stereocenters. The highest BCUT2D eigenvalue weighted by atomic mass is 27.3. The van der Waals surface area contributed by atoms with Crippen LogP contribution in [0.25, 0.3) is 44.1 Å². The van der Waals surface area contributed by atoms with Crippen molar-refractivity contribution in [2.75, 3.05) is 0 Å². The zero-order valence-electron chi connectivity index (χ0n) is 23.5. The van der Waals surface area contributed by atoms with Crippen molar-refractivity contribution < 1.29 is 11.4 Å². The molecule has 0 aliphatic carbocycles. The molecule has 0 atom stereocenters. The zero-order chi connectivity index (χ0) is 29.7. The van der Waals surface area contributed by atoms with Crippen molar-refractivity contribution in [2.45, 2.75) is 0 Å². The molecule has 0 radical (unpaired) electrons. The maximum absolute atomic E-state index is 9.52. The van der Waals surface area contributed by atoms with E-state index in [4.69, 9.17) is 11.4 Å². The molecule has 0 N–H and O–H groups in total. The minimum Gasteiger partial charge on any atom is -0.577 e. The molecule has 0 aliphatic heterocycles. The summed E-state index contributed by atoms with van der Waals surface area (Å²) >= 11 is -3.07. The predicted octanol–water partition coefficient (Wildman–Crippen LogP) is 8.51. The first-order chi connectivity index (χ1) is 21.7. The second-order valence-electron chi connectivity index (χ2n) is 10.1. The third-order valence-electron chi connectivity index (χ3n) is 7.22. The molecule has 5 aromatic carbocycles. The van der Waals surface area contributed by atoms with Crippen molar-refractivity contribution in [1.82, 2.24) is 9.97 Å². The molecule has 6 nitrogen and oxygen atoms in total.